The number of fused-ring (bicyclic) bond motifs is 1. The van der Waals surface area contributed by atoms with E-state index in [0.29, 0.717) is 35.3 Å². The third-order valence-electron chi connectivity index (χ3n) is 4.21. The summed E-state index contributed by atoms with van der Waals surface area (Å²) in [4.78, 5) is 0.0531. The van der Waals surface area contributed by atoms with Crippen LogP contribution in [0.5, 0.6) is 23.0 Å². The van der Waals surface area contributed by atoms with Crippen LogP contribution >= 0.6 is 0 Å². The van der Waals surface area contributed by atoms with E-state index in [1.807, 2.05) is 19.9 Å². The average Bonchev–Trinajstić information content (AvgIpc) is 3.00. The van der Waals surface area contributed by atoms with Crippen LogP contribution in [0.3, 0.4) is 0 Å². The van der Waals surface area contributed by atoms with E-state index in [0.717, 1.165) is 12.0 Å². The van der Waals surface area contributed by atoms with Crippen molar-refractivity contribution in [3.05, 3.63) is 35.9 Å². The molecule has 0 saturated carbocycles. The molecule has 146 valence electrons. The molecule has 1 N–H and O–H groups in total. The molecule has 3 rings (SSSR count). The van der Waals surface area contributed by atoms with Crippen LogP contribution in [0.1, 0.15) is 19.4 Å². The number of benzene rings is 2. The molecule has 8 heteroatoms. The summed E-state index contributed by atoms with van der Waals surface area (Å²) in [6.07, 6.45) is 0.810. The monoisotopic (exact) mass is 393 g/mol. The zero-order valence-electron chi connectivity index (χ0n) is 15.7. The highest BCUT2D eigenvalue weighted by Crippen LogP contribution is 2.39. The lowest BCUT2D eigenvalue weighted by molar-refractivity contribution is 0.254. The van der Waals surface area contributed by atoms with E-state index in [-0.39, 0.29) is 11.0 Å². The first-order valence-corrected chi connectivity index (χ1v) is 10.1. The second-order valence-electron chi connectivity index (χ2n) is 6.14. The number of ether oxygens (including phenoxy) is 4. The molecule has 1 aliphatic heterocycles. The standard InChI is InChI=1S/C19H23NO6S/c1-5-25-18-9-13-8-12(2)26-17(13)11-15(18)20-27(21,22)14-6-7-16(23-3)19(10-14)24-4/h6-7,9-12,20H,5,8H2,1-4H3/t12-/m1/s1. The van der Waals surface area contributed by atoms with Gasteiger partial charge in [0.15, 0.2) is 11.5 Å². The molecule has 2 aromatic carbocycles. The van der Waals surface area contributed by atoms with E-state index in [1.165, 1.54) is 26.4 Å². The predicted molar refractivity (Wildman–Crippen MR) is 102 cm³/mol. The SMILES string of the molecule is CCOc1cc2c(cc1NS(=O)(=O)c1ccc(OC)c(OC)c1)O[C@H](C)C2. The molecule has 7 nitrogen and oxygen atoms in total. The summed E-state index contributed by atoms with van der Waals surface area (Å²) in [6, 6.07) is 7.91. The van der Waals surface area contributed by atoms with Gasteiger partial charge < -0.3 is 18.9 Å². The van der Waals surface area contributed by atoms with Crippen molar-refractivity contribution >= 4 is 15.7 Å². The molecule has 2 aromatic rings. The first kappa shape index (κ1) is 19.2. The van der Waals surface area contributed by atoms with Gasteiger partial charge in [-0.1, -0.05) is 0 Å². The van der Waals surface area contributed by atoms with Gasteiger partial charge in [0, 0.05) is 24.1 Å². The topological polar surface area (TPSA) is 83.1 Å². The largest absolute Gasteiger partial charge is 0.493 e. The fraction of sp³-hybridized carbons (Fsp3) is 0.368. The fourth-order valence-corrected chi connectivity index (χ4v) is 4.06. The summed E-state index contributed by atoms with van der Waals surface area (Å²) in [6.45, 7) is 4.23. The Balaban J connectivity index is 1.97. The number of nitrogens with one attached hydrogen (secondary N) is 1. The van der Waals surface area contributed by atoms with Crippen LogP contribution in [-0.2, 0) is 16.4 Å². The normalized spacial score (nSPS) is 15.6. The van der Waals surface area contributed by atoms with Gasteiger partial charge in [-0.3, -0.25) is 4.72 Å². The summed E-state index contributed by atoms with van der Waals surface area (Å²) in [7, 11) is -0.921. The molecule has 0 amide bonds. The van der Waals surface area contributed by atoms with Crippen molar-refractivity contribution in [3.63, 3.8) is 0 Å². The second-order valence-corrected chi connectivity index (χ2v) is 7.83. The molecule has 0 unspecified atom stereocenters. The van der Waals surface area contributed by atoms with Gasteiger partial charge in [-0.05, 0) is 32.0 Å². The minimum Gasteiger partial charge on any atom is -0.493 e. The van der Waals surface area contributed by atoms with Crippen molar-refractivity contribution in [3.8, 4) is 23.0 Å². The summed E-state index contributed by atoms with van der Waals surface area (Å²) >= 11 is 0. The Labute approximate surface area is 159 Å². The number of rotatable bonds is 7. The minimum absolute atomic E-state index is 0.0483. The quantitative estimate of drug-likeness (QED) is 0.778. The number of hydrogen-bond donors (Lipinski definition) is 1. The number of hydrogen-bond acceptors (Lipinski definition) is 6. The molecule has 0 saturated heterocycles. The minimum atomic E-state index is -3.86. The van der Waals surface area contributed by atoms with Gasteiger partial charge in [0.05, 0.1) is 31.4 Å². The highest BCUT2D eigenvalue weighted by molar-refractivity contribution is 7.92. The summed E-state index contributed by atoms with van der Waals surface area (Å²) in [5.74, 6) is 1.91. The van der Waals surface area contributed by atoms with E-state index in [2.05, 4.69) is 4.72 Å². The van der Waals surface area contributed by atoms with Crippen LogP contribution in [0.15, 0.2) is 35.2 Å². The smallest absolute Gasteiger partial charge is 0.262 e. The van der Waals surface area contributed by atoms with Gasteiger partial charge >= 0.3 is 0 Å². The molecule has 1 heterocycles. The van der Waals surface area contributed by atoms with Crippen molar-refractivity contribution < 1.29 is 27.4 Å². The maximum atomic E-state index is 12.9. The summed E-state index contributed by atoms with van der Waals surface area (Å²) in [5.41, 5.74) is 1.33. The molecule has 0 radical (unpaired) electrons. The van der Waals surface area contributed by atoms with Gasteiger partial charge in [-0.2, -0.15) is 0 Å². The molecule has 0 aliphatic carbocycles. The fourth-order valence-electron chi connectivity index (χ4n) is 2.98. The summed E-state index contributed by atoms with van der Waals surface area (Å²) in [5, 5.41) is 0. The molecule has 0 spiro atoms. The Bertz CT molecular complexity index is 941. The molecule has 0 fully saturated rings. The molecule has 1 atom stereocenters. The zero-order valence-corrected chi connectivity index (χ0v) is 16.6. The maximum Gasteiger partial charge on any atom is 0.262 e. The van der Waals surface area contributed by atoms with Crippen molar-refractivity contribution in [2.45, 2.75) is 31.3 Å². The van der Waals surface area contributed by atoms with E-state index >= 15 is 0 Å². The first-order chi connectivity index (χ1) is 12.9. The lowest BCUT2D eigenvalue weighted by Gasteiger charge is -2.15. The Hall–Kier alpha value is -2.61. The number of anilines is 1. The Morgan fingerprint density at radius 1 is 1.11 bits per heavy atom. The van der Waals surface area contributed by atoms with Crippen molar-refractivity contribution in [1.29, 1.82) is 0 Å². The molecular formula is C19H23NO6S. The van der Waals surface area contributed by atoms with Crippen molar-refractivity contribution in [1.82, 2.24) is 0 Å². The van der Waals surface area contributed by atoms with Gasteiger partial charge in [0.25, 0.3) is 10.0 Å². The highest BCUT2D eigenvalue weighted by atomic mass is 32.2. The van der Waals surface area contributed by atoms with E-state index in [1.54, 1.807) is 12.1 Å². The third kappa shape index (κ3) is 3.90. The Morgan fingerprint density at radius 2 is 1.85 bits per heavy atom. The predicted octanol–water partition coefficient (Wildman–Crippen LogP) is 3.23. The van der Waals surface area contributed by atoms with Crippen LogP contribution in [0, 0.1) is 0 Å². The van der Waals surface area contributed by atoms with Gasteiger partial charge in [-0.25, -0.2) is 8.42 Å². The molecule has 0 aromatic heterocycles. The lowest BCUT2D eigenvalue weighted by atomic mass is 10.1. The lowest BCUT2D eigenvalue weighted by Crippen LogP contribution is -2.14. The van der Waals surface area contributed by atoms with Crippen molar-refractivity contribution in [2.24, 2.45) is 0 Å². The van der Waals surface area contributed by atoms with Crippen LogP contribution in [0.4, 0.5) is 5.69 Å². The Morgan fingerprint density at radius 3 is 2.52 bits per heavy atom. The van der Waals surface area contributed by atoms with E-state index < -0.39 is 10.0 Å². The van der Waals surface area contributed by atoms with Crippen LogP contribution < -0.4 is 23.7 Å². The Kier molecular flexibility index (Phi) is 5.36. The molecule has 1 aliphatic rings. The van der Waals surface area contributed by atoms with Gasteiger partial charge in [0.2, 0.25) is 0 Å². The average molecular weight is 393 g/mol. The van der Waals surface area contributed by atoms with Gasteiger partial charge in [0.1, 0.15) is 17.6 Å². The second kappa shape index (κ2) is 7.56. The molecule has 27 heavy (non-hydrogen) atoms. The number of sulfonamides is 1. The van der Waals surface area contributed by atoms with Crippen LogP contribution in [0.2, 0.25) is 0 Å². The maximum absolute atomic E-state index is 12.9. The molecular weight excluding hydrogens is 370 g/mol. The molecule has 0 bridgehead atoms. The van der Waals surface area contributed by atoms with Crippen LogP contribution in [-0.4, -0.2) is 35.3 Å². The zero-order chi connectivity index (χ0) is 19.6. The van der Waals surface area contributed by atoms with E-state index in [4.69, 9.17) is 18.9 Å². The van der Waals surface area contributed by atoms with Crippen molar-refractivity contribution in [2.75, 3.05) is 25.5 Å². The van der Waals surface area contributed by atoms with Crippen LogP contribution in [0.25, 0.3) is 0 Å². The summed E-state index contributed by atoms with van der Waals surface area (Å²) < 4.78 is 50.1. The van der Waals surface area contributed by atoms with Gasteiger partial charge in [-0.15, -0.1) is 0 Å². The first-order valence-electron chi connectivity index (χ1n) is 8.59. The highest BCUT2D eigenvalue weighted by Gasteiger charge is 2.25. The van der Waals surface area contributed by atoms with E-state index in [9.17, 15) is 8.42 Å². The third-order valence-corrected chi connectivity index (χ3v) is 5.57. The number of methoxy groups -OCH3 is 2.